The molecule has 2 saturated carbocycles. The number of fused-ring (bicyclic) bond motifs is 2. The highest BCUT2D eigenvalue weighted by atomic mass is 35.5. The smallest absolute Gasteiger partial charge is 0.226 e. The van der Waals surface area contributed by atoms with Gasteiger partial charge in [0, 0.05) is 24.5 Å². The molecule has 0 aromatic carbocycles. The largest absolute Gasteiger partial charge is 0.339 e. The van der Waals surface area contributed by atoms with E-state index in [1.807, 2.05) is 0 Å². The van der Waals surface area contributed by atoms with Crippen LogP contribution in [0, 0.1) is 16.7 Å². The number of rotatable bonds is 1. The molecule has 1 amide bonds. The molecular weight excluding hydrogens is 284 g/mol. The van der Waals surface area contributed by atoms with Gasteiger partial charge in [-0.3, -0.25) is 4.79 Å². The van der Waals surface area contributed by atoms with Gasteiger partial charge < -0.3 is 10.6 Å². The fourth-order valence-electron chi connectivity index (χ4n) is 5.40. The Balaban J connectivity index is 0.00000161. The number of carbonyl (C=O) groups is 1. The first-order valence-corrected chi connectivity index (χ1v) is 8.34. The van der Waals surface area contributed by atoms with Crippen molar-refractivity contribution in [1.29, 1.82) is 0 Å². The van der Waals surface area contributed by atoms with Crippen molar-refractivity contribution < 1.29 is 4.79 Å². The quantitative estimate of drug-likeness (QED) is 0.806. The molecule has 0 aromatic rings. The normalized spacial score (nSPS) is 41.5. The zero-order valence-electron chi connectivity index (χ0n) is 13.7. The van der Waals surface area contributed by atoms with E-state index in [2.05, 4.69) is 25.7 Å². The first kappa shape index (κ1) is 17.1. The molecule has 2 bridgehead atoms. The van der Waals surface area contributed by atoms with Crippen LogP contribution in [-0.4, -0.2) is 29.4 Å². The second kappa shape index (κ2) is 5.73. The van der Waals surface area contributed by atoms with Crippen molar-refractivity contribution in [2.75, 3.05) is 6.54 Å². The van der Waals surface area contributed by atoms with Gasteiger partial charge in [0.05, 0.1) is 0 Å². The predicted molar refractivity (Wildman–Crippen MR) is 88.4 cm³/mol. The minimum Gasteiger partial charge on any atom is -0.339 e. The van der Waals surface area contributed by atoms with Crippen molar-refractivity contribution in [3.8, 4) is 0 Å². The molecule has 1 aliphatic heterocycles. The second-order valence-corrected chi connectivity index (χ2v) is 8.80. The first-order chi connectivity index (χ1) is 9.28. The molecule has 2 aliphatic carbocycles. The summed E-state index contributed by atoms with van der Waals surface area (Å²) >= 11 is 0. The van der Waals surface area contributed by atoms with Crippen molar-refractivity contribution in [3.05, 3.63) is 0 Å². The molecule has 4 unspecified atom stereocenters. The molecule has 21 heavy (non-hydrogen) atoms. The SMILES string of the molecule is CC1(C)CC2CC(C)(CN2C(=O)C2CCCC(N)C2)C1.Cl. The van der Waals surface area contributed by atoms with Gasteiger partial charge in [-0.05, 0) is 49.4 Å². The maximum atomic E-state index is 12.9. The standard InChI is InChI=1S/C17H30N2O.ClH/c1-16(2)8-14-9-17(3,10-16)11-19(14)15(20)12-5-4-6-13(18)7-12;/h12-14H,4-11,18H2,1-3H3;1H. The second-order valence-electron chi connectivity index (χ2n) is 8.80. The molecule has 2 N–H and O–H groups in total. The lowest BCUT2D eigenvalue weighted by Gasteiger charge is -2.39. The van der Waals surface area contributed by atoms with Crippen LogP contribution < -0.4 is 5.73 Å². The summed E-state index contributed by atoms with van der Waals surface area (Å²) in [6.45, 7) is 8.08. The molecule has 3 fully saturated rings. The lowest BCUT2D eigenvalue weighted by Crippen LogP contribution is -2.43. The van der Waals surface area contributed by atoms with Gasteiger partial charge in [0.2, 0.25) is 5.91 Å². The molecule has 1 saturated heterocycles. The van der Waals surface area contributed by atoms with E-state index in [4.69, 9.17) is 5.73 Å². The minimum atomic E-state index is 0. The van der Waals surface area contributed by atoms with Crippen LogP contribution in [0.3, 0.4) is 0 Å². The number of amides is 1. The van der Waals surface area contributed by atoms with Crippen molar-refractivity contribution in [2.24, 2.45) is 22.5 Å². The molecule has 1 heterocycles. The summed E-state index contributed by atoms with van der Waals surface area (Å²) in [7, 11) is 0. The van der Waals surface area contributed by atoms with E-state index in [0.717, 1.165) is 32.2 Å². The highest BCUT2D eigenvalue weighted by molar-refractivity contribution is 5.85. The topological polar surface area (TPSA) is 46.3 Å². The molecule has 122 valence electrons. The number of nitrogens with zero attached hydrogens (tertiary/aromatic N) is 1. The fraction of sp³-hybridized carbons (Fsp3) is 0.941. The third-order valence-electron chi connectivity index (χ3n) is 5.76. The number of nitrogens with two attached hydrogens (primary N) is 1. The van der Waals surface area contributed by atoms with Crippen LogP contribution >= 0.6 is 12.4 Å². The zero-order chi connectivity index (χ0) is 14.5. The number of halogens is 1. The average Bonchev–Trinajstić information content (AvgIpc) is 2.57. The number of hydrogen-bond donors (Lipinski definition) is 1. The highest BCUT2D eigenvalue weighted by Gasteiger charge is 2.51. The molecule has 4 heteroatoms. The summed E-state index contributed by atoms with van der Waals surface area (Å²) in [5.41, 5.74) is 6.80. The lowest BCUT2D eigenvalue weighted by molar-refractivity contribution is -0.138. The summed E-state index contributed by atoms with van der Waals surface area (Å²) in [5, 5.41) is 0. The molecule has 3 rings (SSSR count). The Morgan fingerprint density at radius 2 is 1.90 bits per heavy atom. The van der Waals surface area contributed by atoms with Crippen LogP contribution in [0.25, 0.3) is 0 Å². The van der Waals surface area contributed by atoms with Crippen LogP contribution in [0.5, 0.6) is 0 Å². The van der Waals surface area contributed by atoms with E-state index in [0.29, 0.717) is 22.8 Å². The van der Waals surface area contributed by atoms with Gasteiger partial charge >= 0.3 is 0 Å². The van der Waals surface area contributed by atoms with E-state index >= 15 is 0 Å². The van der Waals surface area contributed by atoms with Crippen molar-refractivity contribution in [2.45, 2.75) is 77.8 Å². The van der Waals surface area contributed by atoms with Gasteiger partial charge in [0.15, 0.2) is 0 Å². The number of carbonyl (C=O) groups excluding carboxylic acids is 1. The molecule has 4 atom stereocenters. The monoisotopic (exact) mass is 314 g/mol. The molecule has 0 aromatic heterocycles. The van der Waals surface area contributed by atoms with Crippen molar-refractivity contribution in [3.63, 3.8) is 0 Å². The molecule has 0 spiro atoms. The highest BCUT2D eigenvalue weighted by Crippen LogP contribution is 2.52. The van der Waals surface area contributed by atoms with Gasteiger partial charge in [0.25, 0.3) is 0 Å². The molecule has 0 radical (unpaired) electrons. The Morgan fingerprint density at radius 3 is 2.57 bits per heavy atom. The Hall–Kier alpha value is -0.280. The van der Waals surface area contributed by atoms with Crippen LogP contribution in [0.2, 0.25) is 0 Å². The van der Waals surface area contributed by atoms with Crippen molar-refractivity contribution >= 4 is 18.3 Å². The van der Waals surface area contributed by atoms with Crippen LogP contribution in [0.1, 0.15) is 65.7 Å². The summed E-state index contributed by atoms with van der Waals surface area (Å²) in [4.78, 5) is 15.1. The minimum absolute atomic E-state index is 0. The molecule has 3 aliphatic rings. The zero-order valence-corrected chi connectivity index (χ0v) is 14.5. The Kier molecular flexibility index (Phi) is 4.66. The molecular formula is C17H31ClN2O. The third-order valence-corrected chi connectivity index (χ3v) is 5.76. The van der Waals surface area contributed by atoms with E-state index in [-0.39, 0.29) is 24.4 Å². The molecule has 3 nitrogen and oxygen atoms in total. The predicted octanol–water partition coefficient (Wildman–Crippen LogP) is 3.35. The summed E-state index contributed by atoms with van der Waals surface area (Å²) in [6, 6.07) is 0.723. The number of hydrogen-bond acceptors (Lipinski definition) is 2. The average molecular weight is 315 g/mol. The van der Waals surface area contributed by atoms with E-state index in [1.165, 1.54) is 19.3 Å². The summed E-state index contributed by atoms with van der Waals surface area (Å²) in [5.74, 6) is 0.608. The first-order valence-electron chi connectivity index (χ1n) is 8.34. The van der Waals surface area contributed by atoms with Crippen molar-refractivity contribution in [1.82, 2.24) is 4.90 Å². The Bertz CT molecular complexity index is 412. The van der Waals surface area contributed by atoms with Gasteiger partial charge in [-0.25, -0.2) is 0 Å². The van der Waals surface area contributed by atoms with E-state index in [9.17, 15) is 4.79 Å². The maximum absolute atomic E-state index is 12.9. The van der Waals surface area contributed by atoms with Gasteiger partial charge in [-0.15, -0.1) is 12.4 Å². The Morgan fingerprint density at radius 1 is 1.19 bits per heavy atom. The summed E-state index contributed by atoms with van der Waals surface area (Å²) in [6.07, 6.45) is 7.81. The van der Waals surface area contributed by atoms with E-state index < -0.39 is 0 Å². The van der Waals surface area contributed by atoms with Crippen LogP contribution in [0.4, 0.5) is 0 Å². The van der Waals surface area contributed by atoms with Gasteiger partial charge in [0.1, 0.15) is 0 Å². The fourth-order valence-corrected chi connectivity index (χ4v) is 5.40. The number of likely N-dealkylation sites (tertiary alicyclic amines) is 1. The Labute approximate surface area is 135 Å². The lowest BCUT2D eigenvalue weighted by atomic mass is 9.65. The third kappa shape index (κ3) is 3.39. The van der Waals surface area contributed by atoms with Gasteiger partial charge in [-0.2, -0.15) is 0 Å². The van der Waals surface area contributed by atoms with E-state index in [1.54, 1.807) is 0 Å². The summed E-state index contributed by atoms with van der Waals surface area (Å²) < 4.78 is 0. The van der Waals surface area contributed by atoms with Crippen LogP contribution in [0.15, 0.2) is 0 Å². The van der Waals surface area contributed by atoms with Gasteiger partial charge in [-0.1, -0.05) is 27.2 Å². The maximum Gasteiger partial charge on any atom is 0.226 e. The van der Waals surface area contributed by atoms with Crippen LogP contribution in [-0.2, 0) is 4.79 Å².